The summed E-state index contributed by atoms with van der Waals surface area (Å²) in [5, 5.41) is 3.14. The van der Waals surface area contributed by atoms with Gasteiger partial charge in [0, 0.05) is 6.54 Å². The summed E-state index contributed by atoms with van der Waals surface area (Å²) in [6.45, 7) is 5.50. The molecule has 0 unspecified atom stereocenters. The fourth-order valence-corrected chi connectivity index (χ4v) is 2.61. The van der Waals surface area contributed by atoms with Gasteiger partial charge in [-0.25, -0.2) is 8.78 Å². The number of unbranched alkanes of at least 4 members (excludes halogenated alkanes) is 1. The minimum absolute atomic E-state index is 0.155. The summed E-state index contributed by atoms with van der Waals surface area (Å²) in [7, 11) is 0. The number of thioether (sulfide) groups is 1. The number of benzene rings is 1. The molecule has 0 amide bonds. The number of hydrogen-bond acceptors (Lipinski definition) is 2. The van der Waals surface area contributed by atoms with Crippen molar-refractivity contribution in [3.05, 3.63) is 29.3 Å². The third-order valence-electron chi connectivity index (χ3n) is 2.56. The highest BCUT2D eigenvalue weighted by molar-refractivity contribution is 7.99. The second-order valence-corrected chi connectivity index (χ2v) is 5.37. The zero-order chi connectivity index (χ0) is 13.4. The summed E-state index contributed by atoms with van der Waals surface area (Å²) in [6.07, 6.45) is 3.02. The van der Waals surface area contributed by atoms with Crippen LogP contribution in [0.15, 0.2) is 17.0 Å². The van der Waals surface area contributed by atoms with Crippen LogP contribution in [0.2, 0.25) is 0 Å². The summed E-state index contributed by atoms with van der Waals surface area (Å²) in [5.41, 5.74) is 0.665. The molecule has 0 spiro atoms. The predicted octanol–water partition coefficient (Wildman–Crippen LogP) is 4.36. The first kappa shape index (κ1) is 15.4. The molecule has 18 heavy (non-hydrogen) atoms. The van der Waals surface area contributed by atoms with Gasteiger partial charge in [-0.15, -0.1) is 11.8 Å². The van der Waals surface area contributed by atoms with Gasteiger partial charge in [0.25, 0.3) is 0 Å². The highest BCUT2D eigenvalue weighted by Gasteiger charge is 2.11. The Morgan fingerprint density at radius 1 is 1.11 bits per heavy atom. The molecule has 0 aliphatic rings. The average Bonchev–Trinajstić information content (AvgIpc) is 2.33. The lowest BCUT2D eigenvalue weighted by Crippen LogP contribution is -2.14. The Bertz CT molecular complexity index is 346. The van der Waals surface area contributed by atoms with Crippen molar-refractivity contribution in [3.8, 4) is 0 Å². The molecular weight excluding hydrogens is 252 g/mol. The predicted molar refractivity (Wildman–Crippen MR) is 74.0 cm³/mol. The van der Waals surface area contributed by atoms with Crippen molar-refractivity contribution in [3.63, 3.8) is 0 Å². The molecule has 1 rings (SSSR count). The smallest absolute Gasteiger partial charge is 0.140 e. The van der Waals surface area contributed by atoms with Gasteiger partial charge in [0.1, 0.15) is 11.6 Å². The van der Waals surface area contributed by atoms with Crippen molar-refractivity contribution in [2.75, 3.05) is 12.3 Å². The maximum atomic E-state index is 13.8. The van der Waals surface area contributed by atoms with E-state index in [1.807, 2.05) is 0 Å². The Morgan fingerprint density at radius 2 is 1.78 bits per heavy atom. The summed E-state index contributed by atoms with van der Waals surface area (Å²) in [5.74, 6) is -0.119. The van der Waals surface area contributed by atoms with Crippen molar-refractivity contribution in [1.29, 1.82) is 0 Å². The van der Waals surface area contributed by atoms with E-state index < -0.39 is 11.6 Å². The lowest BCUT2D eigenvalue weighted by Gasteiger charge is -2.08. The van der Waals surface area contributed by atoms with E-state index in [1.54, 1.807) is 0 Å². The maximum absolute atomic E-state index is 13.8. The van der Waals surface area contributed by atoms with Crippen molar-refractivity contribution in [2.24, 2.45) is 0 Å². The Hall–Kier alpha value is -0.610. The van der Waals surface area contributed by atoms with E-state index in [-0.39, 0.29) is 4.90 Å². The van der Waals surface area contributed by atoms with E-state index in [1.165, 1.54) is 23.9 Å². The van der Waals surface area contributed by atoms with Gasteiger partial charge in [0.2, 0.25) is 0 Å². The normalized spacial score (nSPS) is 10.9. The molecule has 1 nitrogen and oxygen atoms in total. The minimum Gasteiger partial charge on any atom is -0.313 e. The van der Waals surface area contributed by atoms with Crippen LogP contribution in [0.3, 0.4) is 0 Å². The molecule has 0 saturated heterocycles. The molecule has 0 heterocycles. The van der Waals surface area contributed by atoms with Gasteiger partial charge < -0.3 is 5.32 Å². The van der Waals surface area contributed by atoms with E-state index in [0.717, 1.165) is 31.6 Å². The molecule has 4 heteroatoms. The summed E-state index contributed by atoms with van der Waals surface area (Å²) in [6, 6.07) is 2.86. The molecule has 0 aliphatic carbocycles. The molecule has 0 fully saturated rings. The second kappa shape index (κ2) is 8.48. The zero-order valence-corrected chi connectivity index (χ0v) is 11.9. The standard InChI is InChI=1S/C14H21F2NS/c1-3-5-7-18-14-12(15)8-11(9-13(14)16)10-17-6-4-2/h8-9,17H,3-7,10H2,1-2H3. The summed E-state index contributed by atoms with van der Waals surface area (Å²) < 4.78 is 27.5. The van der Waals surface area contributed by atoms with Crippen LogP contribution >= 0.6 is 11.8 Å². The molecule has 0 aliphatic heterocycles. The van der Waals surface area contributed by atoms with Gasteiger partial charge in [0.15, 0.2) is 0 Å². The quantitative estimate of drug-likeness (QED) is 0.558. The first-order chi connectivity index (χ1) is 8.69. The number of hydrogen-bond donors (Lipinski definition) is 1. The molecule has 0 saturated carbocycles. The van der Waals surface area contributed by atoms with Crippen LogP contribution in [-0.4, -0.2) is 12.3 Å². The van der Waals surface area contributed by atoms with Crippen molar-refractivity contribution in [1.82, 2.24) is 5.32 Å². The molecule has 0 bridgehead atoms. The van der Waals surface area contributed by atoms with Gasteiger partial charge in [-0.1, -0.05) is 20.3 Å². The van der Waals surface area contributed by atoms with Crippen molar-refractivity contribution < 1.29 is 8.78 Å². The monoisotopic (exact) mass is 273 g/mol. The molecular formula is C14H21F2NS. The highest BCUT2D eigenvalue weighted by Crippen LogP contribution is 2.27. The van der Waals surface area contributed by atoms with E-state index in [9.17, 15) is 8.78 Å². The largest absolute Gasteiger partial charge is 0.313 e. The third kappa shape index (κ3) is 4.94. The first-order valence-electron chi connectivity index (χ1n) is 6.50. The number of halogens is 2. The molecule has 0 aromatic heterocycles. The fourth-order valence-electron chi connectivity index (χ4n) is 1.58. The van der Waals surface area contributed by atoms with E-state index in [4.69, 9.17) is 0 Å². The van der Waals surface area contributed by atoms with E-state index in [0.29, 0.717) is 12.1 Å². The Morgan fingerprint density at radius 3 is 2.33 bits per heavy atom. The van der Waals surface area contributed by atoms with Gasteiger partial charge >= 0.3 is 0 Å². The summed E-state index contributed by atoms with van der Waals surface area (Å²) >= 11 is 1.26. The lowest BCUT2D eigenvalue weighted by atomic mass is 10.2. The Kier molecular flexibility index (Phi) is 7.28. The lowest BCUT2D eigenvalue weighted by molar-refractivity contribution is 0.534. The van der Waals surface area contributed by atoms with Crippen molar-refractivity contribution >= 4 is 11.8 Å². The molecule has 1 N–H and O–H groups in total. The second-order valence-electron chi connectivity index (χ2n) is 4.27. The highest BCUT2D eigenvalue weighted by atomic mass is 32.2. The number of rotatable bonds is 8. The topological polar surface area (TPSA) is 12.0 Å². The zero-order valence-electron chi connectivity index (χ0n) is 11.1. The summed E-state index contributed by atoms with van der Waals surface area (Å²) in [4.78, 5) is 0.155. The van der Waals surface area contributed by atoms with Crippen LogP contribution in [0.1, 0.15) is 38.7 Å². The number of nitrogens with one attached hydrogen (secondary N) is 1. The van der Waals surface area contributed by atoms with Gasteiger partial charge in [0.05, 0.1) is 4.90 Å². The molecule has 1 aromatic carbocycles. The Balaban J connectivity index is 2.65. The van der Waals surface area contributed by atoms with E-state index >= 15 is 0 Å². The van der Waals surface area contributed by atoms with Gasteiger partial charge in [-0.3, -0.25) is 0 Å². The van der Waals surface area contributed by atoms with Crippen molar-refractivity contribution in [2.45, 2.75) is 44.6 Å². The van der Waals surface area contributed by atoms with Gasteiger partial charge in [-0.05, 0) is 42.8 Å². The Labute approximate surface area is 112 Å². The van der Waals surface area contributed by atoms with Crippen LogP contribution in [0.4, 0.5) is 8.78 Å². The third-order valence-corrected chi connectivity index (χ3v) is 3.73. The molecule has 0 atom stereocenters. The van der Waals surface area contributed by atoms with Crippen LogP contribution in [0, 0.1) is 11.6 Å². The van der Waals surface area contributed by atoms with E-state index in [2.05, 4.69) is 19.2 Å². The van der Waals surface area contributed by atoms with Crippen LogP contribution < -0.4 is 5.32 Å². The molecule has 1 aromatic rings. The average molecular weight is 273 g/mol. The minimum atomic E-state index is -0.440. The first-order valence-corrected chi connectivity index (χ1v) is 7.49. The van der Waals surface area contributed by atoms with Gasteiger partial charge in [-0.2, -0.15) is 0 Å². The SMILES string of the molecule is CCCCSc1c(F)cc(CNCCC)cc1F. The van der Waals surface area contributed by atoms with Crippen LogP contribution in [0.5, 0.6) is 0 Å². The van der Waals surface area contributed by atoms with Crippen LogP contribution in [0.25, 0.3) is 0 Å². The molecule has 0 radical (unpaired) electrons. The molecule has 102 valence electrons. The fraction of sp³-hybridized carbons (Fsp3) is 0.571. The maximum Gasteiger partial charge on any atom is 0.140 e. The van der Waals surface area contributed by atoms with Crippen LogP contribution in [-0.2, 0) is 6.54 Å².